The van der Waals surface area contributed by atoms with Gasteiger partial charge in [0.05, 0.1) is 10.6 Å². The largest absolute Gasteiger partial charge is 0.381 e. The van der Waals surface area contributed by atoms with Crippen LogP contribution in [0.2, 0.25) is 5.02 Å². The van der Waals surface area contributed by atoms with Crippen LogP contribution in [0.1, 0.15) is 23.2 Å². The number of ether oxygens (including phenoxy) is 1. The van der Waals surface area contributed by atoms with Gasteiger partial charge in [-0.1, -0.05) is 11.6 Å². The van der Waals surface area contributed by atoms with Crippen molar-refractivity contribution in [1.29, 1.82) is 0 Å². The zero-order chi connectivity index (χ0) is 18.5. The van der Waals surface area contributed by atoms with E-state index in [1.807, 2.05) is 4.90 Å². The Hall–Kier alpha value is -1.19. The molecule has 26 heavy (non-hydrogen) atoms. The van der Waals surface area contributed by atoms with Crippen molar-refractivity contribution < 1.29 is 18.3 Å². The van der Waals surface area contributed by atoms with Crippen LogP contribution < -0.4 is 4.72 Å². The lowest BCUT2D eigenvalue weighted by atomic mass is 9.99. The number of nitrogens with zero attached hydrogens (tertiary/aromatic N) is 2. The highest BCUT2D eigenvalue weighted by atomic mass is 35.5. The number of hydrogen-bond donors (Lipinski definition) is 2. The number of benzene rings is 1. The van der Waals surface area contributed by atoms with E-state index in [0.29, 0.717) is 30.3 Å². The van der Waals surface area contributed by atoms with E-state index in [4.69, 9.17) is 20.9 Å². The molecule has 1 amide bonds. The maximum atomic E-state index is 12.7. The molecule has 1 unspecified atom stereocenters. The van der Waals surface area contributed by atoms with Gasteiger partial charge in [-0.05, 0) is 37.0 Å². The first-order valence-electron chi connectivity index (χ1n) is 8.79. The lowest BCUT2D eigenvalue weighted by Gasteiger charge is -2.37. The molecule has 2 aliphatic heterocycles. The Kier molecular flexibility index (Phi) is 6.88. The zero-order valence-electron chi connectivity index (χ0n) is 14.5. The topological polar surface area (TPSA) is 82.1 Å². The van der Waals surface area contributed by atoms with Crippen LogP contribution in [0.4, 0.5) is 5.69 Å². The number of nitrogens with one attached hydrogen (secondary N) is 1. The third-order valence-electron chi connectivity index (χ3n) is 4.92. The van der Waals surface area contributed by atoms with Crippen molar-refractivity contribution in [2.45, 2.75) is 12.8 Å². The van der Waals surface area contributed by atoms with Crippen molar-refractivity contribution in [3.63, 3.8) is 0 Å². The van der Waals surface area contributed by atoms with Crippen LogP contribution in [0.15, 0.2) is 18.2 Å². The summed E-state index contributed by atoms with van der Waals surface area (Å²) >= 11 is 4.02. The smallest absolute Gasteiger partial charge is 0.259 e. The summed E-state index contributed by atoms with van der Waals surface area (Å²) in [5.74, 6) is 0.593. The molecule has 144 valence electrons. The molecule has 0 saturated carbocycles. The Balaban J connectivity index is 1.53. The summed E-state index contributed by atoms with van der Waals surface area (Å²) in [7, 11) is 0. The normalized spacial score (nSPS) is 20.8. The van der Waals surface area contributed by atoms with Crippen molar-refractivity contribution in [2.24, 2.45) is 5.92 Å². The van der Waals surface area contributed by atoms with Gasteiger partial charge in [0.2, 0.25) is 0 Å². The van der Waals surface area contributed by atoms with Crippen molar-refractivity contribution >= 4 is 34.5 Å². The number of hydrogen-bond acceptors (Lipinski definition) is 4. The third-order valence-corrected chi connectivity index (χ3v) is 5.64. The van der Waals surface area contributed by atoms with E-state index in [2.05, 4.69) is 9.62 Å². The molecular formula is C17H24ClN3O4S. The molecule has 9 heteroatoms. The number of anilines is 1. The first-order valence-corrected chi connectivity index (χ1v) is 10.3. The molecule has 2 fully saturated rings. The quantitative estimate of drug-likeness (QED) is 0.738. The molecule has 2 saturated heterocycles. The van der Waals surface area contributed by atoms with Crippen LogP contribution in [0, 0.1) is 5.92 Å². The Labute approximate surface area is 161 Å². The number of rotatable bonds is 5. The third kappa shape index (κ3) is 5.17. The molecule has 3 rings (SSSR count). The highest BCUT2D eigenvalue weighted by molar-refractivity contribution is 7.80. The number of piperazine rings is 1. The average Bonchev–Trinajstić information content (AvgIpc) is 2.62. The fourth-order valence-electron chi connectivity index (χ4n) is 3.45. The minimum Gasteiger partial charge on any atom is -0.381 e. The van der Waals surface area contributed by atoms with Crippen LogP contribution in [-0.2, 0) is 16.0 Å². The first-order chi connectivity index (χ1) is 12.5. The van der Waals surface area contributed by atoms with Gasteiger partial charge in [0.25, 0.3) is 17.2 Å². The Morgan fingerprint density at radius 1 is 1.27 bits per heavy atom. The van der Waals surface area contributed by atoms with Crippen LogP contribution in [-0.4, -0.2) is 70.4 Å². The molecule has 1 atom stereocenters. The predicted octanol–water partition coefficient (Wildman–Crippen LogP) is 2.07. The van der Waals surface area contributed by atoms with E-state index in [1.165, 1.54) is 6.07 Å². The zero-order valence-corrected chi connectivity index (χ0v) is 16.1. The summed E-state index contributed by atoms with van der Waals surface area (Å²) in [6.07, 6.45) is 2.24. The van der Waals surface area contributed by atoms with Crippen LogP contribution >= 0.6 is 11.6 Å². The first kappa shape index (κ1) is 19.6. The molecular weight excluding hydrogens is 378 g/mol. The van der Waals surface area contributed by atoms with Crippen LogP contribution in [0.3, 0.4) is 0 Å². The van der Waals surface area contributed by atoms with E-state index in [-0.39, 0.29) is 10.9 Å². The number of halogens is 1. The standard InChI is InChI=1S/C17H24ClN3O4S/c18-16-11-14(19-26(23)24)1-2-15(16)17(22)21-7-5-20(6-8-21)12-13-3-9-25-10-4-13/h1-2,11,13,19H,3-10,12H2,(H,23,24). The molecule has 2 N–H and O–H groups in total. The van der Waals surface area contributed by atoms with E-state index < -0.39 is 11.3 Å². The Morgan fingerprint density at radius 2 is 1.96 bits per heavy atom. The van der Waals surface area contributed by atoms with Gasteiger partial charge < -0.3 is 9.64 Å². The maximum absolute atomic E-state index is 12.7. The highest BCUT2D eigenvalue weighted by Gasteiger charge is 2.25. The SMILES string of the molecule is O=C(c1ccc(NS(=O)O)cc1Cl)N1CCN(CC2CCOCC2)CC1. The lowest BCUT2D eigenvalue weighted by molar-refractivity contribution is 0.0393. The monoisotopic (exact) mass is 401 g/mol. The molecule has 1 aromatic rings. The number of carbonyl (C=O) groups excluding carboxylic acids is 1. The van der Waals surface area contributed by atoms with Crippen molar-refractivity contribution in [3.8, 4) is 0 Å². The van der Waals surface area contributed by atoms with Gasteiger partial charge >= 0.3 is 0 Å². The van der Waals surface area contributed by atoms with Gasteiger partial charge in [-0.2, -0.15) is 0 Å². The predicted molar refractivity (Wildman–Crippen MR) is 102 cm³/mol. The highest BCUT2D eigenvalue weighted by Crippen LogP contribution is 2.24. The summed E-state index contributed by atoms with van der Waals surface area (Å²) in [6, 6.07) is 4.66. The fourth-order valence-corrected chi connectivity index (χ4v) is 4.04. The molecule has 0 bridgehead atoms. The van der Waals surface area contributed by atoms with Gasteiger partial charge in [-0.15, -0.1) is 0 Å². The summed E-state index contributed by atoms with van der Waals surface area (Å²) < 4.78 is 27.4. The summed E-state index contributed by atoms with van der Waals surface area (Å²) in [5.41, 5.74) is 0.812. The second-order valence-electron chi connectivity index (χ2n) is 6.69. The van der Waals surface area contributed by atoms with Crippen molar-refractivity contribution in [3.05, 3.63) is 28.8 Å². The molecule has 7 nitrogen and oxygen atoms in total. The van der Waals surface area contributed by atoms with E-state index in [1.54, 1.807) is 12.1 Å². The van der Waals surface area contributed by atoms with Crippen molar-refractivity contribution in [1.82, 2.24) is 9.80 Å². The maximum Gasteiger partial charge on any atom is 0.259 e. The molecule has 2 heterocycles. The van der Waals surface area contributed by atoms with Gasteiger partial charge in [0, 0.05) is 51.6 Å². The summed E-state index contributed by atoms with van der Waals surface area (Å²) in [4.78, 5) is 17.0. The second-order valence-corrected chi connectivity index (χ2v) is 7.80. The van der Waals surface area contributed by atoms with E-state index in [9.17, 15) is 9.00 Å². The van der Waals surface area contributed by atoms with Crippen molar-refractivity contribution in [2.75, 3.05) is 50.7 Å². The van der Waals surface area contributed by atoms with Gasteiger partial charge in [0.15, 0.2) is 0 Å². The van der Waals surface area contributed by atoms with Gasteiger partial charge in [-0.25, -0.2) is 4.21 Å². The molecule has 2 aliphatic rings. The average molecular weight is 402 g/mol. The second kappa shape index (κ2) is 9.14. The summed E-state index contributed by atoms with van der Waals surface area (Å²) in [5, 5.41) is 0.273. The van der Waals surface area contributed by atoms with Crippen LogP contribution in [0.5, 0.6) is 0 Å². The van der Waals surface area contributed by atoms with Crippen LogP contribution in [0.25, 0.3) is 0 Å². The molecule has 0 spiro atoms. The molecule has 0 radical (unpaired) electrons. The Bertz CT molecular complexity index is 661. The molecule has 0 aromatic heterocycles. The number of carbonyl (C=O) groups is 1. The van der Waals surface area contributed by atoms with E-state index in [0.717, 1.165) is 45.7 Å². The van der Waals surface area contributed by atoms with Gasteiger partial charge in [0.1, 0.15) is 0 Å². The molecule has 1 aromatic carbocycles. The summed E-state index contributed by atoms with van der Waals surface area (Å²) in [6.45, 7) is 5.88. The van der Waals surface area contributed by atoms with Gasteiger partial charge in [-0.3, -0.25) is 19.0 Å². The lowest BCUT2D eigenvalue weighted by Crippen LogP contribution is -2.50. The minimum absolute atomic E-state index is 0.0996. The minimum atomic E-state index is -2.17. The Morgan fingerprint density at radius 3 is 2.58 bits per heavy atom. The van der Waals surface area contributed by atoms with E-state index >= 15 is 0 Å². The number of amides is 1. The molecule has 0 aliphatic carbocycles. The fraction of sp³-hybridized carbons (Fsp3) is 0.588.